The zero-order valence-corrected chi connectivity index (χ0v) is 10.5. The van der Waals surface area contributed by atoms with Gasteiger partial charge in [0.25, 0.3) is 0 Å². The second-order valence-electron chi connectivity index (χ2n) is 5.62. The first-order valence-corrected chi connectivity index (χ1v) is 5.82. The third-order valence-electron chi connectivity index (χ3n) is 3.15. The summed E-state index contributed by atoms with van der Waals surface area (Å²) in [6.07, 6.45) is 1.48. The van der Waals surface area contributed by atoms with Gasteiger partial charge in [-0.1, -0.05) is 26.8 Å². The largest absolute Gasteiger partial charge is 0.326 e. The first-order chi connectivity index (χ1) is 7.38. The van der Waals surface area contributed by atoms with Crippen LogP contribution in [0.25, 0.3) is 0 Å². The molecule has 1 aliphatic rings. The van der Waals surface area contributed by atoms with E-state index >= 15 is 0 Å². The number of hydrogen-bond acceptors (Lipinski definition) is 1. The van der Waals surface area contributed by atoms with Crippen LogP contribution in [0.4, 0.5) is 5.69 Å². The molecule has 0 spiro atoms. The van der Waals surface area contributed by atoms with Crippen LogP contribution in [-0.2, 0) is 16.6 Å². The first kappa shape index (κ1) is 11.2. The lowest BCUT2D eigenvalue weighted by Gasteiger charge is -2.26. The highest BCUT2D eigenvalue weighted by atomic mass is 16.1. The molecular weight excluding hydrogens is 198 g/mol. The first-order valence-electron chi connectivity index (χ1n) is 5.82. The predicted octanol–water partition coefficient (Wildman–Crippen LogP) is 3.18. The summed E-state index contributed by atoms with van der Waals surface area (Å²) in [6.45, 7) is 8.79. The van der Waals surface area contributed by atoms with Crippen molar-refractivity contribution in [2.75, 3.05) is 5.32 Å². The van der Waals surface area contributed by atoms with E-state index in [0.717, 1.165) is 12.1 Å². The SMILES string of the molecule is Cc1cc2c(cc1C(C)(C)C)CCC(=O)N2. The maximum Gasteiger partial charge on any atom is 0.224 e. The van der Waals surface area contributed by atoms with Crippen molar-refractivity contribution >= 4 is 11.6 Å². The molecule has 0 aromatic heterocycles. The third-order valence-corrected chi connectivity index (χ3v) is 3.15. The van der Waals surface area contributed by atoms with Crippen LogP contribution >= 0.6 is 0 Å². The molecule has 0 atom stereocenters. The molecule has 1 aromatic carbocycles. The Morgan fingerprint density at radius 2 is 1.88 bits per heavy atom. The van der Waals surface area contributed by atoms with Crippen molar-refractivity contribution in [1.29, 1.82) is 0 Å². The second-order valence-corrected chi connectivity index (χ2v) is 5.62. The van der Waals surface area contributed by atoms with Crippen LogP contribution in [-0.4, -0.2) is 5.91 Å². The summed E-state index contributed by atoms with van der Waals surface area (Å²) >= 11 is 0. The second kappa shape index (κ2) is 3.62. The van der Waals surface area contributed by atoms with E-state index in [4.69, 9.17) is 0 Å². The maximum absolute atomic E-state index is 11.3. The standard InChI is InChI=1S/C14H19NO/c1-9-7-12-10(5-6-13(16)15-12)8-11(9)14(2,3)4/h7-8H,5-6H2,1-4H3,(H,15,16). The maximum atomic E-state index is 11.3. The Bertz CT molecular complexity index is 441. The van der Waals surface area contributed by atoms with Gasteiger partial charge in [0.05, 0.1) is 0 Å². The van der Waals surface area contributed by atoms with E-state index in [-0.39, 0.29) is 11.3 Å². The lowest BCUT2D eigenvalue weighted by Crippen LogP contribution is -2.21. The fraction of sp³-hybridized carbons (Fsp3) is 0.500. The third kappa shape index (κ3) is 1.97. The van der Waals surface area contributed by atoms with Crippen LogP contribution < -0.4 is 5.32 Å². The fourth-order valence-electron chi connectivity index (χ4n) is 2.34. The molecule has 1 heterocycles. The summed E-state index contributed by atoms with van der Waals surface area (Å²) < 4.78 is 0. The van der Waals surface area contributed by atoms with Gasteiger partial charge in [0.15, 0.2) is 0 Å². The molecular formula is C14H19NO. The van der Waals surface area contributed by atoms with Gasteiger partial charge in [-0.25, -0.2) is 0 Å². The van der Waals surface area contributed by atoms with Crippen molar-refractivity contribution < 1.29 is 4.79 Å². The lowest BCUT2D eigenvalue weighted by molar-refractivity contribution is -0.116. The summed E-state index contributed by atoms with van der Waals surface area (Å²) in [5.41, 5.74) is 5.08. The Balaban J connectivity index is 2.50. The minimum absolute atomic E-state index is 0.135. The van der Waals surface area contributed by atoms with E-state index in [1.807, 2.05) is 0 Å². The van der Waals surface area contributed by atoms with Gasteiger partial charge in [-0.05, 0) is 41.5 Å². The molecule has 2 heteroatoms. The van der Waals surface area contributed by atoms with Crippen molar-refractivity contribution in [3.63, 3.8) is 0 Å². The number of amides is 1. The number of rotatable bonds is 0. The van der Waals surface area contributed by atoms with Gasteiger partial charge in [0.2, 0.25) is 5.91 Å². The molecule has 86 valence electrons. The Morgan fingerprint density at radius 3 is 2.50 bits per heavy atom. The van der Waals surface area contributed by atoms with Crippen molar-refractivity contribution in [2.24, 2.45) is 0 Å². The van der Waals surface area contributed by atoms with Crippen molar-refractivity contribution in [3.8, 4) is 0 Å². The Labute approximate surface area is 97.1 Å². The number of aryl methyl sites for hydroxylation is 2. The van der Waals surface area contributed by atoms with Gasteiger partial charge in [0, 0.05) is 12.1 Å². The van der Waals surface area contributed by atoms with Gasteiger partial charge in [-0.3, -0.25) is 4.79 Å². The normalized spacial score (nSPS) is 15.6. The van der Waals surface area contributed by atoms with Gasteiger partial charge in [0.1, 0.15) is 0 Å². The van der Waals surface area contributed by atoms with E-state index in [9.17, 15) is 4.79 Å². The number of carbonyl (C=O) groups excluding carboxylic acids is 1. The molecule has 0 fully saturated rings. The van der Waals surface area contributed by atoms with Crippen LogP contribution in [0.5, 0.6) is 0 Å². The number of benzene rings is 1. The molecule has 0 radical (unpaired) electrons. The van der Waals surface area contributed by atoms with Crippen LogP contribution in [0, 0.1) is 6.92 Å². The molecule has 1 aromatic rings. The molecule has 0 saturated heterocycles. The van der Waals surface area contributed by atoms with Gasteiger partial charge in [-0.2, -0.15) is 0 Å². The summed E-state index contributed by atoms with van der Waals surface area (Å²) in [4.78, 5) is 11.3. The summed E-state index contributed by atoms with van der Waals surface area (Å²) in [7, 11) is 0. The Hall–Kier alpha value is -1.31. The number of anilines is 1. The summed E-state index contributed by atoms with van der Waals surface area (Å²) in [6, 6.07) is 4.36. The van der Waals surface area contributed by atoms with Gasteiger partial charge < -0.3 is 5.32 Å². The lowest BCUT2D eigenvalue weighted by atomic mass is 9.82. The highest BCUT2D eigenvalue weighted by Crippen LogP contribution is 2.32. The van der Waals surface area contributed by atoms with Crippen LogP contribution in [0.3, 0.4) is 0 Å². The van der Waals surface area contributed by atoms with Gasteiger partial charge in [-0.15, -0.1) is 0 Å². The summed E-state index contributed by atoms with van der Waals surface area (Å²) in [5, 5.41) is 2.94. The molecule has 0 unspecified atom stereocenters. The van der Waals surface area contributed by atoms with Crippen LogP contribution in [0.15, 0.2) is 12.1 Å². The molecule has 2 nitrogen and oxygen atoms in total. The number of carbonyl (C=O) groups is 1. The molecule has 0 bridgehead atoms. The zero-order chi connectivity index (χ0) is 11.9. The topological polar surface area (TPSA) is 29.1 Å². The van der Waals surface area contributed by atoms with E-state index in [1.165, 1.54) is 16.7 Å². The quantitative estimate of drug-likeness (QED) is 0.710. The fourth-order valence-corrected chi connectivity index (χ4v) is 2.34. The molecule has 16 heavy (non-hydrogen) atoms. The zero-order valence-electron chi connectivity index (χ0n) is 10.5. The average molecular weight is 217 g/mol. The minimum Gasteiger partial charge on any atom is -0.326 e. The average Bonchev–Trinajstić information content (AvgIpc) is 2.14. The van der Waals surface area contributed by atoms with Crippen molar-refractivity contribution in [2.45, 2.75) is 46.0 Å². The highest BCUT2D eigenvalue weighted by molar-refractivity contribution is 5.94. The molecule has 0 aliphatic carbocycles. The van der Waals surface area contributed by atoms with Crippen molar-refractivity contribution in [1.82, 2.24) is 0 Å². The summed E-state index contributed by atoms with van der Waals surface area (Å²) in [5.74, 6) is 0.135. The molecule has 1 amide bonds. The van der Waals surface area contributed by atoms with Crippen molar-refractivity contribution in [3.05, 3.63) is 28.8 Å². The number of fused-ring (bicyclic) bond motifs is 1. The molecule has 1 aliphatic heterocycles. The van der Waals surface area contributed by atoms with Crippen LogP contribution in [0.2, 0.25) is 0 Å². The van der Waals surface area contributed by atoms with Crippen LogP contribution in [0.1, 0.15) is 43.9 Å². The molecule has 2 rings (SSSR count). The number of nitrogens with one attached hydrogen (secondary N) is 1. The van der Waals surface area contributed by atoms with E-state index in [2.05, 4.69) is 45.1 Å². The molecule has 1 N–H and O–H groups in total. The molecule has 0 saturated carbocycles. The van der Waals surface area contributed by atoms with E-state index in [0.29, 0.717) is 6.42 Å². The highest BCUT2D eigenvalue weighted by Gasteiger charge is 2.21. The Morgan fingerprint density at radius 1 is 1.19 bits per heavy atom. The monoisotopic (exact) mass is 217 g/mol. The van der Waals surface area contributed by atoms with E-state index < -0.39 is 0 Å². The minimum atomic E-state index is 0.135. The smallest absolute Gasteiger partial charge is 0.224 e. The predicted molar refractivity (Wildman–Crippen MR) is 66.8 cm³/mol. The Kier molecular flexibility index (Phi) is 2.53. The van der Waals surface area contributed by atoms with Gasteiger partial charge >= 0.3 is 0 Å². The van der Waals surface area contributed by atoms with E-state index in [1.54, 1.807) is 0 Å². The number of hydrogen-bond donors (Lipinski definition) is 1.